The van der Waals surface area contributed by atoms with Crippen molar-refractivity contribution >= 4 is 29.1 Å². The molecule has 0 radical (unpaired) electrons. The molecule has 6 heteroatoms. The molecule has 0 aliphatic carbocycles. The summed E-state index contributed by atoms with van der Waals surface area (Å²) in [6.45, 7) is 7.47. The quantitative estimate of drug-likeness (QED) is 0.857. The molecule has 132 valence electrons. The van der Waals surface area contributed by atoms with Crippen molar-refractivity contribution in [1.29, 1.82) is 0 Å². The summed E-state index contributed by atoms with van der Waals surface area (Å²) in [7, 11) is 0. The first kappa shape index (κ1) is 18.7. The topological polar surface area (TPSA) is 52.7 Å². The molecule has 1 aromatic rings. The number of nitrogens with zero attached hydrogens (tertiary/aromatic N) is 2. The number of rotatable bonds is 6. The van der Waals surface area contributed by atoms with Gasteiger partial charge in [0.1, 0.15) is 0 Å². The van der Waals surface area contributed by atoms with E-state index in [2.05, 4.69) is 10.2 Å². The van der Waals surface area contributed by atoms with E-state index in [1.807, 2.05) is 18.7 Å². The first-order valence-corrected chi connectivity index (χ1v) is 8.97. The molecule has 24 heavy (non-hydrogen) atoms. The molecule has 1 aliphatic rings. The van der Waals surface area contributed by atoms with Gasteiger partial charge < -0.3 is 10.2 Å². The SMILES string of the molecule is CCN(CC)C(=O)C1CCN(CC(=O)Nc2ccc(Cl)cc2)CC1. The van der Waals surface area contributed by atoms with Gasteiger partial charge in [0.2, 0.25) is 11.8 Å². The van der Waals surface area contributed by atoms with Gasteiger partial charge in [-0.15, -0.1) is 0 Å². The highest BCUT2D eigenvalue weighted by Crippen LogP contribution is 2.20. The second-order valence-electron chi connectivity index (χ2n) is 6.12. The van der Waals surface area contributed by atoms with Crippen LogP contribution in [0.5, 0.6) is 0 Å². The van der Waals surface area contributed by atoms with Gasteiger partial charge in [-0.05, 0) is 64.0 Å². The Kier molecular flexibility index (Phi) is 7.06. The maximum atomic E-state index is 12.4. The molecule has 1 heterocycles. The van der Waals surface area contributed by atoms with Crippen molar-refractivity contribution in [1.82, 2.24) is 9.80 Å². The Balaban J connectivity index is 1.77. The average molecular weight is 352 g/mol. The summed E-state index contributed by atoms with van der Waals surface area (Å²) < 4.78 is 0. The van der Waals surface area contributed by atoms with E-state index >= 15 is 0 Å². The van der Waals surface area contributed by atoms with Gasteiger partial charge in [-0.1, -0.05) is 11.6 Å². The van der Waals surface area contributed by atoms with Gasteiger partial charge in [-0.25, -0.2) is 0 Å². The van der Waals surface area contributed by atoms with Crippen LogP contribution in [0.3, 0.4) is 0 Å². The zero-order chi connectivity index (χ0) is 17.5. The van der Waals surface area contributed by atoms with Crippen molar-refractivity contribution in [3.63, 3.8) is 0 Å². The highest BCUT2D eigenvalue weighted by Gasteiger charge is 2.28. The van der Waals surface area contributed by atoms with Crippen LogP contribution in [0, 0.1) is 5.92 Å². The maximum absolute atomic E-state index is 12.4. The molecule has 0 bridgehead atoms. The van der Waals surface area contributed by atoms with Gasteiger partial charge in [0, 0.05) is 29.7 Å². The molecule has 2 rings (SSSR count). The molecule has 0 atom stereocenters. The number of anilines is 1. The molecule has 2 amide bonds. The normalized spacial score (nSPS) is 16.0. The molecular formula is C18H26ClN3O2. The fourth-order valence-electron chi connectivity index (χ4n) is 3.07. The van der Waals surface area contributed by atoms with Crippen LogP contribution in [0.1, 0.15) is 26.7 Å². The standard InChI is InChI=1S/C18H26ClN3O2/c1-3-22(4-2)18(24)14-9-11-21(12-10-14)13-17(23)20-16-7-5-15(19)6-8-16/h5-8,14H,3-4,9-13H2,1-2H3,(H,20,23). The minimum absolute atomic E-state index is 0.0363. The van der Waals surface area contributed by atoms with Crippen LogP contribution in [-0.2, 0) is 9.59 Å². The number of benzene rings is 1. The van der Waals surface area contributed by atoms with Gasteiger partial charge in [-0.3, -0.25) is 14.5 Å². The van der Waals surface area contributed by atoms with E-state index in [-0.39, 0.29) is 17.7 Å². The molecule has 1 aromatic carbocycles. The zero-order valence-corrected chi connectivity index (χ0v) is 15.2. The summed E-state index contributed by atoms with van der Waals surface area (Å²) >= 11 is 5.83. The minimum Gasteiger partial charge on any atom is -0.343 e. The third-order valence-corrected chi connectivity index (χ3v) is 4.76. The van der Waals surface area contributed by atoms with E-state index in [4.69, 9.17) is 11.6 Å². The lowest BCUT2D eigenvalue weighted by molar-refractivity contribution is -0.136. The lowest BCUT2D eigenvalue weighted by atomic mass is 9.95. The van der Waals surface area contributed by atoms with E-state index in [9.17, 15) is 9.59 Å². The fraction of sp³-hybridized carbons (Fsp3) is 0.556. The van der Waals surface area contributed by atoms with E-state index < -0.39 is 0 Å². The monoisotopic (exact) mass is 351 g/mol. The second-order valence-corrected chi connectivity index (χ2v) is 6.55. The molecule has 1 saturated heterocycles. The molecule has 1 aliphatic heterocycles. The lowest BCUT2D eigenvalue weighted by Crippen LogP contribution is -2.44. The van der Waals surface area contributed by atoms with Crippen LogP contribution in [0.4, 0.5) is 5.69 Å². The largest absolute Gasteiger partial charge is 0.343 e. The third-order valence-electron chi connectivity index (χ3n) is 4.51. The number of hydrogen-bond donors (Lipinski definition) is 1. The molecule has 0 aromatic heterocycles. The summed E-state index contributed by atoms with van der Waals surface area (Å²) in [5.74, 6) is 0.316. The van der Waals surface area contributed by atoms with Crippen molar-refractivity contribution < 1.29 is 9.59 Å². The summed E-state index contributed by atoms with van der Waals surface area (Å²) in [6, 6.07) is 7.08. The molecule has 1 fully saturated rings. The van der Waals surface area contributed by atoms with Gasteiger partial charge >= 0.3 is 0 Å². The van der Waals surface area contributed by atoms with Crippen molar-refractivity contribution in [2.75, 3.05) is 38.0 Å². The Morgan fingerprint density at radius 2 is 1.75 bits per heavy atom. The Hall–Kier alpha value is -1.59. The predicted molar refractivity (Wildman–Crippen MR) is 97.2 cm³/mol. The second kappa shape index (κ2) is 9.04. The number of hydrogen-bond acceptors (Lipinski definition) is 3. The highest BCUT2D eigenvalue weighted by atomic mass is 35.5. The first-order chi connectivity index (χ1) is 11.5. The smallest absolute Gasteiger partial charge is 0.238 e. The number of amides is 2. The van der Waals surface area contributed by atoms with Crippen LogP contribution in [-0.4, -0.2) is 54.3 Å². The highest BCUT2D eigenvalue weighted by molar-refractivity contribution is 6.30. The van der Waals surface area contributed by atoms with Crippen molar-refractivity contribution in [2.45, 2.75) is 26.7 Å². The number of halogens is 1. The number of nitrogens with one attached hydrogen (secondary N) is 1. The Bertz CT molecular complexity index is 550. The lowest BCUT2D eigenvalue weighted by Gasteiger charge is -2.33. The molecule has 0 unspecified atom stereocenters. The van der Waals surface area contributed by atoms with E-state index in [1.54, 1.807) is 24.3 Å². The summed E-state index contributed by atoms with van der Waals surface area (Å²) in [6.07, 6.45) is 1.65. The van der Waals surface area contributed by atoms with Crippen LogP contribution >= 0.6 is 11.6 Å². The van der Waals surface area contributed by atoms with Crippen LogP contribution in [0.25, 0.3) is 0 Å². The number of carbonyl (C=O) groups is 2. The summed E-state index contributed by atoms with van der Waals surface area (Å²) in [4.78, 5) is 28.5. The minimum atomic E-state index is -0.0363. The zero-order valence-electron chi connectivity index (χ0n) is 14.4. The van der Waals surface area contributed by atoms with Crippen molar-refractivity contribution in [3.8, 4) is 0 Å². The number of piperidine rings is 1. The molecule has 5 nitrogen and oxygen atoms in total. The Morgan fingerprint density at radius 3 is 2.29 bits per heavy atom. The Morgan fingerprint density at radius 1 is 1.17 bits per heavy atom. The van der Waals surface area contributed by atoms with Crippen LogP contribution < -0.4 is 5.32 Å². The number of likely N-dealkylation sites (tertiary alicyclic amines) is 1. The Labute approximate surface area is 149 Å². The fourth-order valence-corrected chi connectivity index (χ4v) is 3.19. The van der Waals surface area contributed by atoms with E-state index in [0.717, 1.165) is 44.7 Å². The molecule has 0 spiro atoms. The average Bonchev–Trinajstić information content (AvgIpc) is 2.58. The van der Waals surface area contributed by atoms with Gasteiger partial charge in [0.25, 0.3) is 0 Å². The first-order valence-electron chi connectivity index (χ1n) is 8.60. The van der Waals surface area contributed by atoms with Crippen molar-refractivity contribution in [3.05, 3.63) is 29.3 Å². The van der Waals surface area contributed by atoms with Crippen molar-refractivity contribution in [2.24, 2.45) is 5.92 Å². The molecule has 0 saturated carbocycles. The third kappa shape index (κ3) is 5.21. The van der Waals surface area contributed by atoms with E-state index in [0.29, 0.717) is 11.6 Å². The van der Waals surface area contributed by atoms with Gasteiger partial charge in [0.15, 0.2) is 0 Å². The predicted octanol–water partition coefficient (Wildman–Crippen LogP) is 2.86. The summed E-state index contributed by atoms with van der Waals surface area (Å²) in [5, 5.41) is 3.52. The maximum Gasteiger partial charge on any atom is 0.238 e. The van der Waals surface area contributed by atoms with Crippen LogP contribution in [0.2, 0.25) is 5.02 Å². The number of carbonyl (C=O) groups excluding carboxylic acids is 2. The molecular weight excluding hydrogens is 326 g/mol. The summed E-state index contributed by atoms with van der Waals surface area (Å²) in [5.41, 5.74) is 0.746. The van der Waals surface area contributed by atoms with Crippen LogP contribution in [0.15, 0.2) is 24.3 Å². The molecule has 1 N–H and O–H groups in total. The van der Waals surface area contributed by atoms with Gasteiger partial charge in [-0.2, -0.15) is 0 Å². The van der Waals surface area contributed by atoms with Gasteiger partial charge in [0.05, 0.1) is 6.54 Å². The van der Waals surface area contributed by atoms with E-state index in [1.165, 1.54) is 0 Å².